The normalized spacial score (nSPS) is 11.3. The predicted molar refractivity (Wildman–Crippen MR) is 117 cm³/mol. The highest BCUT2D eigenvalue weighted by molar-refractivity contribution is 8.13. The maximum absolute atomic E-state index is 5.28. The van der Waals surface area contributed by atoms with Crippen molar-refractivity contribution in [2.24, 2.45) is 4.99 Å². The number of anilines is 1. The Morgan fingerprint density at radius 3 is 2.00 bits per heavy atom. The van der Waals surface area contributed by atoms with Crippen LogP contribution in [0.5, 0.6) is 11.5 Å². The van der Waals surface area contributed by atoms with E-state index in [-0.39, 0.29) is 0 Å². The Morgan fingerprint density at radius 2 is 1.52 bits per heavy atom. The summed E-state index contributed by atoms with van der Waals surface area (Å²) in [6.07, 6.45) is 1.98. The van der Waals surface area contributed by atoms with Crippen LogP contribution in [0.2, 0.25) is 0 Å². The number of amidine groups is 1. The lowest BCUT2D eigenvalue weighted by atomic mass is 10.1. The minimum atomic E-state index is 0.807. The van der Waals surface area contributed by atoms with Crippen molar-refractivity contribution in [3.63, 3.8) is 0 Å². The Bertz CT molecular complexity index is 854. The van der Waals surface area contributed by atoms with Gasteiger partial charge in [0.2, 0.25) is 0 Å². The van der Waals surface area contributed by atoms with Gasteiger partial charge in [0.25, 0.3) is 0 Å². The molecule has 1 N–H and O–H groups in total. The van der Waals surface area contributed by atoms with Crippen molar-refractivity contribution >= 4 is 33.4 Å². The van der Waals surface area contributed by atoms with Gasteiger partial charge in [0.05, 0.1) is 24.8 Å². The number of rotatable bonds is 5. The van der Waals surface area contributed by atoms with E-state index in [1.165, 1.54) is 0 Å². The quantitative estimate of drug-likeness (QED) is 0.469. The Balaban J connectivity index is 2.06. The van der Waals surface area contributed by atoms with Crippen LogP contribution in [0.1, 0.15) is 0 Å². The number of methoxy groups -OCH3 is 2. The maximum atomic E-state index is 5.28. The molecule has 3 aromatic rings. The molecule has 0 spiro atoms. The summed E-state index contributed by atoms with van der Waals surface area (Å²) < 4.78 is 10.5. The van der Waals surface area contributed by atoms with E-state index in [1.807, 2.05) is 54.8 Å². The van der Waals surface area contributed by atoms with Crippen LogP contribution < -0.4 is 14.8 Å². The van der Waals surface area contributed by atoms with E-state index < -0.39 is 0 Å². The van der Waals surface area contributed by atoms with Gasteiger partial charge >= 0.3 is 0 Å². The molecular formula is C20H21N3O2S2. The van der Waals surface area contributed by atoms with Crippen molar-refractivity contribution in [3.05, 3.63) is 48.5 Å². The van der Waals surface area contributed by atoms with Gasteiger partial charge in [0, 0.05) is 12.6 Å². The van der Waals surface area contributed by atoms with Crippen molar-refractivity contribution < 1.29 is 9.47 Å². The number of aromatic nitrogens is 1. The first-order chi connectivity index (χ1) is 13.2. The van der Waals surface area contributed by atoms with Crippen LogP contribution in [0, 0.1) is 0 Å². The zero-order valence-corrected chi connectivity index (χ0v) is 17.3. The molecule has 1 heterocycles. The molecule has 1 aromatic heterocycles. The molecule has 0 atom stereocenters. The third-order valence-corrected chi connectivity index (χ3v) is 5.64. The standard InChI is InChI=1S/C20H21N3O2S2/c1-21-19(26-4)23-20-22-17(13-5-9-15(24-2)10-6-13)18(27-20)14-7-11-16(25-3)12-8-14/h5-12H,1-4H3,(H,21,22,23). The maximum Gasteiger partial charge on any atom is 0.189 e. The van der Waals surface area contributed by atoms with Crippen molar-refractivity contribution in [2.45, 2.75) is 0 Å². The molecule has 0 aliphatic rings. The van der Waals surface area contributed by atoms with Gasteiger partial charge in [0.15, 0.2) is 10.3 Å². The number of nitrogens with zero attached hydrogens (tertiary/aromatic N) is 2. The molecule has 0 fully saturated rings. The summed E-state index contributed by atoms with van der Waals surface area (Å²) in [5, 5.41) is 4.93. The number of benzene rings is 2. The van der Waals surface area contributed by atoms with Crippen LogP contribution >= 0.6 is 23.1 Å². The summed E-state index contributed by atoms with van der Waals surface area (Å²) in [6.45, 7) is 0. The fourth-order valence-electron chi connectivity index (χ4n) is 2.55. The lowest BCUT2D eigenvalue weighted by Gasteiger charge is -2.05. The second-order valence-corrected chi connectivity index (χ2v) is 7.31. The zero-order valence-electron chi connectivity index (χ0n) is 15.6. The minimum Gasteiger partial charge on any atom is -0.497 e. The van der Waals surface area contributed by atoms with Gasteiger partial charge in [-0.1, -0.05) is 23.1 Å². The van der Waals surface area contributed by atoms with Gasteiger partial charge in [-0.05, 0) is 60.4 Å². The summed E-state index contributed by atoms with van der Waals surface area (Å²) in [4.78, 5) is 10.2. The Hall–Kier alpha value is -2.51. The van der Waals surface area contributed by atoms with Crippen LogP contribution in [0.4, 0.5) is 5.13 Å². The van der Waals surface area contributed by atoms with Crippen LogP contribution in [-0.4, -0.2) is 37.7 Å². The van der Waals surface area contributed by atoms with Crippen molar-refractivity contribution in [2.75, 3.05) is 32.8 Å². The highest BCUT2D eigenvalue weighted by atomic mass is 32.2. The van der Waals surface area contributed by atoms with E-state index in [9.17, 15) is 0 Å². The lowest BCUT2D eigenvalue weighted by Crippen LogP contribution is -2.06. The molecule has 5 nitrogen and oxygen atoms in total. The molecule has 0 radical (unpaired) electrons. The average molecular weight is 400 g/mol. The molecule has 0 aliphatic carbocycles. The zero-order chi connectivity index (χ0) is 19.2. The molecule has 0 saturated carbocycles. The van der Waals surface area contributed by atoms with Crippen LogP contribution in [0.25, 0.3) is 21.7 Å². The van der Waals surface area contributed by atoms with E-state index in [0.717, 1.165) is 43.5 Å². The lowest BCUT2D eigenvalue weighted by molar-refractivity contribution is 0.414. The number of hydrogen-bond donors (Lipinski definition) is 1. The third kappa shape index (κ3) is 4.43. The van der Waals surface area contributed by atoms with E-state index in [4.69, 9.17) is 14.5 Å². The summed E-state index contributed by atoms with van der Waals surface area (Å²) in [7, 11) is 5.10. The van der Waals surface area contributed by atoms with E-state index in [0.29, 0.717) is 0 Å². The monoisotopic (exact) mass is 399 g/mol. The summed E-state index contributed by atoms with van der Waals surface area (Å²) in [5.74, 6) is 1.65. The molecule has 0 bridgehead atoms. The fraction of sp³-hybridized carbons (Fsp3) is 0.200. The number of aliphatic imine (C=N–C) groups is 1. The molecule has 0 saturated heterocycles. The number of thioether (sulfide) groups is 1. The molecule has 7 heteroatoms. The first-order valence-corrected chi connectivity index (χ1v) is 10.3. The van der Waals surface area contributed by atoms with Gasteiger partial charge in [-0.2, -0.15) is 0 Å². The van der Waals surface area contributed by atoms with Crippen LogP contribution in [0.3, 0.4) is 0 Å². The Morgan fingerprint density at radius 1 is 0.963 bits per heavy atom. The molecule has 27 heavy (non-hydrogen) atoms. The first kappa shape index (κ1) is 19.3. The van der Waals surface area contributed by atoms with Crippen LogP contribution in [0.15, 0.2) is 53.5 Å². The molecule has 3 rings (SSSR count). The predicted octanol–water partition coefficient (Wildman–Crippen LogP) is 5.26. The van der Waals surface area contributed by atoms with Gasteiger partial charge in [-0.3, -0.25) is 4.99 Å². The highest BCUT2D eigenvalue weighted by Gasteiger charge is 2.16. The van der Waals surface area contributed by atoms with E-state index in [1.54, 1.807) is 44.4 Å². The molecule has 2 aromatic carbocycles. The molecule has 0 unspecified atom stereocenters. The summed E-state index contributed by atoms with van der Waals surface area (Å²) in [5.41, 5.74) is 3.04. The third-order valence-electron chi connectivity index (χ3n) is 3.95. The van der Waals surface area contributed by atoms with Crippen LogP contribution in [-0.2, 0) is 0 Å². The smallest absolute Gasteiger partial charge is 0.189 e. The second kappa shape index (κ2) is 8.92. The second-order valence-electron chi connectivity index (χ2n) is 5.51. The minimum absolute atomic E-state index is 0.807. The number of nitrogens with one attached hydrogen (secondary N) is 1. The largest absolute Gasteiger partial charge is 0.497 e. The topological polar surface area (TPSA) is 55.7 Å². The molecule has 140 valence electrons. The van der Waals surface area contributed by atoms with Gasteiger partial charge < -0.3 is 14.8 Å². The van der Waals surface area contributed by atoms with Crippen molar-refractivity contribution in [1.29, 1.82) is 0 Å². The average Bonchev–Trinajstić information content (AvgIpc) is 3.16. The number of ether oxygens (including phenoxy) is 2. The van der Waals surface area contributed by atoms with Gasteiger partial charge in [-0.25, -0.2) is 4.98 Å². The summed E-state index contributed by atoms with van der Waals surface area (Å²) in [6, 6.07) is 15.9. The van der Waals surface area contributed by atoms with E-state index in [2.05, 4.69) is 10.3 Å². The van der Waals surface area contributed by atoms with Crippen molar-refractivity contribution in [3.8, 4) is 33.2 Å². The Kier molecular flexibility index (Phi) is 6.36. The number of hydrogen-bond acceptors (Lipinski definition) is 6. The van der Waals surface area contributed by atoms with Crippen molar-refractivity contribution in [1.82, 2.24) is 4.98 Å². The Labute approximate surface area is 167 Å². The molecule has 0 aliphatic heterocycles. The fourth-order valence-corrected chi connectivity index (χ4v) is 3.98. The summed E-state index contributed by atoms with van der Waals surface area (Å²) >= 11 is 3.16. The highest BCUT2D eigenvalue weighted by Crippen LogP contribution is 2.40. The SMILES string of the molecule is CN=C(Nc1nc(-c2ccc(OC)cc2)c(-c2ccc(OC)cc2)s1)SC. The molecule has 0 amide bonds. The molecular weight excluding hydrogens is 378 g/mol. The van der Waals surface area contributed by atoms with Gasteiger partial charge in [-0.15, -0.1) is 0 Å². The van der Waals surface area contributed by atoms with E-state index >= 15 is 0 Å². The van der Waals surface area contributed by atoms with Gasteiger partial charge in [0.1, 0.15) is 11.5 Å². The number of thiazole rings is 1. The first-order valence-electron chi connectivity index (χ1n) is 8.26.